The van der Waals surface area contributed by atoms with Crippen molar-refractivity contribution in [2.45, 2.75) is 13.5 Å². The lowest BCUT2D eigenvalue weighted by Crippen LogP contribution is -3.13. The third kappa shape index (κ3) is 4.14. The number of amides is 1. The largest absolute Gasteiger partial charge is 0.454 e. The summed E-state index contributed by atoms with van der Waals surface area (Å²) in [5.74, 6) is 1.80. The Balaban J connectivity index is 1.32. The van der Waals surface area contributed by atoms with E-state index < -0.39 is 0 Å². The standard InChI is InChI=1S/C22H24N2O3/c1-17(13-18-5-3-2-4-6-18)22(25)24-11-9-23(10-12-24)15-19-7-8-20-21(14-19)27-16-26-20/h2-8,13-14H,9-12,15-16H2,1H3/p+1/b17-13-. The lowest BCUT2D eigenvalue weighted by Gasteiger charge is -2.32. The lowest BCUT2D eigenvalue weighted by molar-refractivity contribution is -0.917. The average Bonchev–Trinajstić information content (AvgIpc) is 3.16. The van der Waals surface area contributed by atoms with E-state index in [0.717, 1.165) is 55.4 Å². The molecule has 0 atom stereocenters. The van der Waals surface area contributed by atoms with Gasteiger partial charge in [0.2, 0.25) is 12.7 Å². The molecule has 1 fully saturated rings. The van der Waals surface area contributed by atoms with Gasteiger partial charge in [-0.1, -0.05) is 30.3 Å². The molecule has 2 heterocycles. The van der Waals surface area contributed by atoms with Crippen LogP contribution in [-0.4, -0.2) is 43.8 Å². The van der Waals surface area contributed by atoms with Gasteiger partial charge in [-0.3, -0.25) is 4.79 Å². The van der Waals surface area contributed by atoms with Gasteiger partial charge in [0.25, 0.3) is 0 Å². The number of carbonyl (C=O) groups excluding carboxylic acids is 1. The Morgan fingerprint density at radius 2 is 1.81 bits per heavy atom. The Labute approximate surface area is 159 Å². The van der Waals surface area contributed by atoms with Crippen LogP contribution in [0.4, 0.5) is 0 Å². The monoisotopic (exact) mass is 365 g/mol. The van der Waals surface area contributed by atoms with Crippen LogP contribution >= 0.6 is 0 Å². The molecule has 0 saturated carbocycles. The van der Waals surface area contributed by atoms with Crippen molar-refractivity contribution in [3.63, 3.8) is 0 Å². The summed E-state index contributed by atoms with van der Waals surface area (Å²) < 4.78 is 10.8. The van der Waals surface area contributed by atoms with Gasteiger partial charge in [-0.15, -0.1) is 0 Å². The summed E-state index contributed by atoms with van der Waals surface area (Å²) in [5.41, 5.74) is 3.10. The van der Waals surface area contributed by atoms with Crippen molar-refractivity contribution < 1.29 is 19.2 Å². The fourth-order valence-corrected chi connectivity index (χ4v) is 3.65. The number of fused-ring (bicyclic) bond motifs is 1. The normalized spacial score (nSPS) is 17.2. The SMILES string of the molecule is C/C(=C/c1ccccc1)C(=O)N1CC[NH+](Cc2ccc3c(c2)OCO3)CC1. The van der Waals surface area contributed by atoms with Crippen molar-refractivity contribution >= 4 is 12.0 Å². The van der Waals surface area contributed by atoms with Crippen LogP contribution in [0, 0.1) is 0 Å². The minimum absolute atomic E-state index is 0.140. The highest BCUT2D eigenvalue weighted by molar-refractivity contribution is 5.97. The number of nitrogens with one attached hydrogen (secondary N) is 1. The number of benzene rings is 2. The summed E-state index contributed by atoms with van der Waals surface area (Å²) in [6, 6.07) is 16.1. The second-order valence-corrected chi connectivity index (χ2v) is 7.14. The number of carbonyl (C=O) groups is 1. The Kier molecular flexibility index (Phi) is 5.12. The van der Waals surface area contributed by atoms with Crippen LogP contribution in [0.2, 0.25) is 0 Å². The first kappa shape index (κ1) is 17.6. The topological polar surface area (TPSA) is 43.2 Å². The molecule has 1 amide bonds. The summed E-state index contributed by atoms with van der Waals surface area (Å²) >= 11 is 0. The van der Waals surface area contributed by atoms with Crippen molar-refractivity contribution in [2.75, 3.05) is 33.0 Å². The number of piperazine rings is 1. The molecule has 0 bridgehead atoms. The predicted octanol–water partition coefficient (Wildman–Crippen LogP) is 1.75. The minimum Gasteiger partial charge on any atom is -0.454 e. The molecular formula is C22H25N2O3+. The predicted molar refractivity (Wildman–Crippen MR) is 104 cm³/mol. The molecule has 1 N–H and O–H groups in total. The van der Waals surface area contributed by atoms with Gasteiger partial charge < -0.3 is 19.3 Å². The maximum absolute atomic E-state index is 12.7. The molecule has 2 aromatic carbocycles. The van der Waals surface area contributed by atoms with Crippen LogP contribution in [-0.2, 0) is 11.3 Å². The molecule has 1 saturated heterocycles. The zero-order chi connectivity index (χ0) is 18.6. The van der Waals surface area contributed by atoms with Crippen molar-refractivity contribution in [1.29, 1.82) is 0 Å². The Morgan fingerprint density at radius 1 is 1.07 bits per heavy atom. The molecule has 5 nitrogen and oxygen atoms in total. The fraction of sp³-hybridized carbons (Fsp3) is 0.318. The first-order valence-electron chi connectivity index (χ1n) is 9.44. The van der Waals surface area contributed by atoms with E-state index in [9.17, 15) is 4.79 Å². The Bertz CT molecular complexity index is 840. The van der Waals surface area contributed by atoms with Crippen molar-refractivity contribution in [2.24, 2.45) is 0 Å². The summed E-state index contributed by atoms with van der Waals surface area (Å²) in [5, 5.41) is 0. The summed E-state index contributed by atoms with van der Waals surface area (Å²) in [6.07, 6.45) is 1.97. The Morgan fingerprint density at radius 3 is 2.59 bits per heavy atom. The zero-order valence-corrected chi connectivity index (χ0v) is 15.6. The molecule has 140 valence electrons. The maximum Gasteiger partial charge on any atom is 0.249 e. The number of ether oxygens (including phenoxy) is 2. The molecule has 0 aliphatic carbocycles. The quantitative estimate of drug-likeness (QED) is 0.840. The van der Waals surface area contributed by atoms with E-state index in [1.807, 2.05) is 54.3 Å². The molecule has 2 aliphatic rings. The van der Waals surface area contributed by atoms with Crippen LogP contribution in [0.15, 0.2) is 54.1 Å². The highest BCUT2D eigenvalue weighted by Gasteiger charge is 2.25. The Hall–Kier alpha value is -2.79. The zero-order valence-electron chi connectivity index (χ0n) is 15.6. The van der Waals surface area contributed by atoms with Gasteiger partial charge in [0.05, 0.1) is 26.2 Å². The number of hydrogen-bond acceptors (Lipinski definition) is 3. The fourth-order valence-electron chi connectivity index (χ4n) is 3.65. The van der Waals surface area contributed by atoms with E-state index >= 15 is 0 Å². The first-order valence-corrected chi connectivity index (χ1v) is 9.44. The van der Waals surface area contributed by atoms with Gasteiger partial charge in [0.15, 0.2) is 11.5 Å². The third-order valence-electron chi connectivity index (χ3n) is 5.17. The van der Waals surface area contributed by atoms with Gasteiger partial charge in [-0.2, -0.15) is 0 Å². The second-order valence-electron chi connectivity index (χ2n) is 7.14. The minimum atomic E-state index is 0.140. The van der Waals surface area contributed by atoms with Gasteiger partial charge in [0.1, 0.15) is 6.54 Å². The lowest BCUT2D eigenvalue weighted by atomic mass is 10.1. The van der Waals surface area contributed by atoms with Crippen molar-refractivity contribution in [1.82, 2.24) is 4.90 Å². The molecule has 0 spiro atoms. The van der Waals surface area contributed by atoms with Crippen LogP contribution in [0.25, 0.3) is 6.08 Å². The van der Waals surface area contributed by atoms with Crippen LogP contribution in [0.3, 0.4) is 0 Å². The van der Waals surface area contributed by atoms with Gasteiger partial charge >= 0.3 is 0 Å². The van der Waals surface area contributed by atoms with Crippen LogP contribution in [0.1, 0.15) is 18.1 Å². The van der Waals surface area contributed by atoms with Crippen molar-refractivity contribution in [3.8, 4) is 11.5 Å². The van der Waals surface area contributed by atoms with E-state index in [2.05, 4.69) is 12.1 Å². The summed E-state index contributed by atoms with van der Waals surface area (Å²) in [4.78, 5) is 16.2. The summed E-state index contributed by atoms with van der Waals surface area (Å²) in [6.45, 7) is 6.65. The van der Waals surface area contributed by atoms with Gasteiger partial charge in [0, 0.05) is 11.1 Å². The number of quaternary nitrogens is 1. The number of hydrogen-bond donors (Lipinski definition) is 1. The van der Waals surface area contributed by atoms with Crippen molar-refractivity contribution in [3.05, 3.63) is 65.2 Å². The smallest absolute Gasteiger partial charge is 0.249 e. The van der Waals surface area contributed by atoms with E-state index in [4.69, 9.17) is 9.47 Å². The van der Waals surface area contributed by atoms with E-state index in [1.54, 1.807) is 0 Å². The summed E-state index contributed by atoms with van der Waals surface area (Å²) in [7, 11) is 0. The molecule has 0 unspecified atom stereocenters. The number of nitrogens with zero attached hydrogens (tertiary/aromatic N) is 1. The molecule has 2 aromatic rings. The molecule has 0 aromatic heterocycles. The van der Waals surface area contributed by atoms with E-state index in [-0.39, 0.29) is 5.91 Å². The van der Waals surface area contributed by atoms with Gasteiger partial charge in [-0.25, -0.2) is 0 Å². The highest BCUT2D eigenvalue weighted by Crippen LogP contribution is 2.32. The average molecular weight is 365 g/mol. The maximum atomic E-state index is 12.7. The second kappa shape index (κ2) is 7.84. The molecule has 4 rings (SSSR count). The number of rotatable bonds is 4. The first-order chi connectivity index (χ1) is 13.2. The highest BCUT2D eigenvalue weighted by atomic mass is 16.7. The molecule has 0 radical (unpaired) electrons. The molecule has 2 aliphatic heterocycles. The van der Waals surface area contributed by atoms with Gasteiger partial charge in [-0.05, 0) is 36.8 Å². The van der Waals surface area contributed by atoms with Crippen LogP contribution in [0.5, 0.6) is 11.5 Å². The van der Waals surface area contributed by atoms with E-state index in [1.165, 1.54) is 10.5 Å². The molecule has 5 heteroatoms. The molecular weight excluding hydrogens is 340 g/mol. The van der Waals surface area contributed by atoms with E-state index in [0.29, 0.717) is 6.79 Å². The third-order valence-corrected chi connectivity index (χ3v) is 5.17. The molecule has 27 heavy (non-hydrogen) atoms. The van der Waals surface area contributed by atoms with Crippen LogP contribution < -0.4 is 14.4 Å².